The van der Waals surface area contributed by atoms with E-state index in [1.165, 1.54) is 19.3 Å². The van der Waals surface area contributed by atoms with Gasteiger partial charge in [0.2, 0.25) is 5.91 Å². The van der Waals surface area contributed by atoms with E-state index in [2.05, 4.69) is 12.2 Å². The molecule has 1 amide bonds. The van der Waals surface area contributed by atoms with Gasteiger partial charge in [0, 0.05) is 18.9 Å². The highest BCUT2D eigenvalue weighted by Crippen LogP contribution is 2.38. The van der Waals surface area contributed by atoms with Crippen LogP contribution < -0.4 is 5.32 Å². The lowest BCUT2D eigenvalue weighted by molar-refractivity contribution is -0.124. The van der Waals surface area contributed by atoms with Crippen molar-refractivity contribution in [2.75, 3.05) is 0 Å². The van der Waals surface area contributed by atoms with Gasteiger partial charge < -0.3 is 14.8 Å². The van der Waals surface area contributed by atoms with E-state index in [-0.39, 0.29) is 17.4 Å². The first-order valence-corrected chi connectivity index (χ1v) is 7.99. The number of amides is 1. The van der Waals surface area contributed by atoms with Crippen LogP contribution in [0.4, 0.5) is 0 Å². The number of furan rings is 1. The number of carbonyl (C=O) groups is 1. The number of hydrogen-bond acceptors (Lipinski definition) is 3. The summed E-state index contributed by atoms with van der Waals surface area (Å²) in [6.45, 7) is 4.14. The second-order valence-electron chi connectivity index (χ2n) is 6.78. The minimum atomic E-state index is -0.666. The van der Waals surface area contributed by atoms with E-state index in [1.54, 1.807) is 18.4 Å². The molecule has 2 N–H and O–H groups in total. The zero-order valence-corrected chi connectivity index (χ0v) is 13.1. The molecule has 0 bridgehead atoms. The van der Waals surface area contributed by atoms with Crippen molar-refractivity contribution in [3.8, 4) is 0 Å². The molecule has 1 heterocycles. The molecule has 2 unspecified atom stereocenters. The number of nitrogens with one attached hydrogen (secondary N) is 1. The highest BCUT2D eigenvalue weighted by molar-refractivity contribution is 5.76. The van der Waals surface area contributed by atoms with Gasteiger partial charge in [-0.15, -0.1) is 0 Å². The van der Waals surface area contributed by atoms with Crippen molar-refractivity contribution in [1.82, 2.24) is 5.32 Å². The Hall–Kier alpha value is -1.29. The van der Waals surface area contributed by atoms with Gasteiger partial charge in [-0.2, -0.15) is 0 Å². The Morgan fingerprint density at radius 2 is 2.14 bits per heavy atom. The van der Waals surface area contributed by atoms with Crippen LogP contribution in [0.15, 0.2) is 22.8 Å². The van der Waals surface area contributed by atoms with Crippen LogP contribution in [0.1, 0.15) is 70.7 Å². The van der Waals surface area contributed by atoms with E-state index >= 15 is 0 Å². The van der Waals surface area contributed by atoms with Gasteiger partial charge in [0.1, 0.15) is 11.9 Å². The predicted octanol–water partition coefficient (Wildman–Crippen LogP) is 3.57. The number of rotatable bonds is 6. The molecule has 0 aromatic carbocycles. The SMILES string of the molecule is CC(CC(O)c1ccco1)NC(=O)CC1(C)CCCCC1. The number of hydrogen-bond donors (Lipinski definition) is 2. The van der Waals surface area contributed by atoms with Crippen LogP contribution >= 0.6 is 0 Å². The van der Waals surface area contributed by atoms with Crippen molar-refractivity contribution in [3.05, 3.63) is 24.2 Å². The number of carbonyl (C=O) groups excluding carboxylic acids is 1. The van der Waals surface area contributed by atoms with Crippen molar-refractivity contribution in [1.29, 1.82) is 0 Å². The molecule has 0 aliphatic heterocycles. The van der Waals surface area contributed by atoms with E-state index in [1.807, 2.05) is 6.92 Å². The van der Waals surface area contributed by atoms with E-state index in [0.29, 0.717) is 18.6 Å². The Labute approximate surface area is 126 Å². The summed E-state index contributed by atoms with van der Waals surface area (Å²) in [6, 6.07) is 3.44. The summed E-state index contributed by atoms with van der Waals surface area (Å²) in [7, 11) is 0. The molecular weight excluding hydrogens is 266 g/mol. The van der Waals surface area contributed by atoms with Crippen LogP contribution in [0, 0.1) is 5.41 Å². The molecule has 1 aliphatic rings. The Bertz CT molecular complexity index is 435. The van der Waals surface area contributed by atoms with Gasteiger partial charge in [0.25, 0.3) is 0 Å². The van der Waals surface area contributed by atoms with Crippen LogP contribution in [0.3, 0.4) is 0 Å². The van der Waals surface area contributed by atoms with Crippen molar-refractivity contribution in [2.24, 2.45) is 5.41 Å². The zero-order valence-electron chi connectivity index (χ0n) is 13.1. The molecule has 1 aliphatic carbocycles. The van der Waals surface area contributed by atoms with Crippen LogP contribution in [-0.4, -0.2) is 17.1 Å². The summed E-state index contributed by atoms with van der Waals surface area (Å²) in [5.41, 5.74) is 0.154. The lowest BCUT2D eigenvalue weighted by Gasteiger charge is -2.33. The molecule has 0 saturated heterocycles. The van der Waals surface area contributed by atoms with Gasteiger partial charge in [-0.05, 0) is 37.3 Å². The van der Waals surface area contributed by atoms with E-state index in [4.69, 9.17) is 4.42 Å². The van der Waals surface area contributed by atoms with Gasteiger partial charge in [-0.1, -0.05) is 26.2 Å². The summed E-state index contributed by atoms with van der Waals surface area (Å²) in [5, 5.41) is 13.0. The van der Waals surface area contributed by atoms with Crippen molar-refractivity contribution in [2.45, 2.75) is 70.9 Å². The lowest BCUT2D eigenvalue weighted by atomic mass is 9.73. The smallest absolute Gasteiger partial charge is 0.220 e. The minimum Gasteiger partial charge on any atom is -0.467 e. The van der Waals surface area contributed by atoms with E-state index in [9.17, 15) is 9.90 Å². The van der Waals surface area contributed by atoms with Gasteiger partial charge in [0.05, 0.1) is 6.26 Å². The van der Waals surface area contributed by atoms with Crippen LogP contribution in [-0.2, 0) is 4.79 Å². The summed E-state index contributed by atoms with van der Waals surface area (Å²) < 4.78 is 5.18. The molecular formula is C17H27NO3. The molecule has 1 saturated carbocycles. The fourth-order valence-electron chi connectivity index (χ4n) is 3.29. The van der Waals surface area contributed by atoms with Crippen LogP contribution in [0.25, 0.3) is 0 Å². The fraction of sp³-hybridized carbons (Fsp3) is 0.706. The van der Waals surface area contributed by atoms with Gasteiger partial charge >= 0.3 is 0 Å². The average molecular weight is 293 g/mol. The molecule has 2 rings (SSSR count). The van der Waals surface area contributed by atoms with E-state index in [0.717, 1.165) is 12.8 Å². The Morgan fingerprint density at radius 3 is 2.76 bits per heavy atom. The zero-order chi connectivity index (χ0) is 15.3. The third kappa shape index (κ3) is 4.88. The van der Waals surface area contributed by atoms with Crippen molar-refractivity contribution in [3.63, 3.8) is 0 Å². The summed E-state index contributed by atoms with van der Waals surface area (Å²) >= 11 is 0. The highest BCUT2D eigenvalue weighted by Gasteiger charge is 2.29. The summed E-state index contributed by atoms with van der Waals surface area (Å²) in [4.78, 5) is 12.2. The lowest BCUT2D eigenvalue weighted by Crippen LogP contribution is -2.37. The van der Waals surface area contributed by atoms with E-state index < -0.39 is 6.10 Å². The fourth-order valence-corrected chi connectivity index (χ4v) is 3.29. The van der Waals surface area contributed by atoms with Gasteiger partial charge in [-0.25, -0.2) is 0 Å². The molecule has 0 spiro atoms. The first-order valence-electron chi connectivity index (χ1n) is 7.99. The molecule has 1 aromatic heterocycles. The first-order chi connectivity index (χ1) is 9.98. The second-order valence-corrected chi connectivity index (χ2v) is 6.78. The molecule has 4 nitrogen and oxygen atoms in total. The summed E-state index contributed by atoms with van der Waals surface area (Å²) in [5.74, 6) is 0.647. The van der Waals surface area contributed by atoms with Gasteiger partial charge in [0.15, 0.2) is 0 Å². The Balaban J connectivity index is 1.76. The van der Waals surface area contributed by atoms with Crippen molar-refractivity contribution >= 4 is 5.91 Å². The maximum absolute atomic E-state index is 12.2. The van der Waals surface area contributed by atoms with Crippen molar-refractivity contribution < 1.29 is 14.3 Å². The second kappa shape index (κ2) is 7.12. The monoisotopic (exact) mass is 293 g/mol. The summed E-state index contributed by atoms with van der Waals surface area (Å²) in [6.07, 6.45) is 7.99. The number of aliphatic hydroxyl groups is 1. The maximum Gasteiger partial charge on any atom is 0.220 e. The maximum atomic E-state index is 12.2. The Morgan fingerprint density at radius 1 is 1.43 bits per heavy atom. The molecule has 1 fully saturated rings. The normalized spacial score (nSPS) is 20.7. The molecule has 0 radical (unpaired) electrons. The topological polar surface area (TPSA) is 62.5 Å². The minimum absolute atomic E-state index is 0.0650. The third-order valence-electron chi connectivity index (χ3n) is 4.50. The average Bonchev–Trinajstić information content (AvgIpc) is 2.92. The van der Waals surface area contributed by atoms with Crippen LogP contribution in [0.5, 0.6) is 0 Å². The molecule has 4 heteroatoms. The third-order valence-corrected chi connectivity index (χ3v) is 4.50. The number of aliphatic hydroxyl groups excluding tert-OH is 1. The highest BCUT2D eigenvalue weighted by atomic mass is 16.4. The molecule has 21 heavy (non-hydrogen) atoms. The Kier molecular flexibility index (Phi) is 5.45. The largest absolute Gasteiger partial charge is 0.467 e. The molecule has 2 atom stereocenters. The molecule has 118 valence electrons. The quantitative estimate of drug-likeness (QED) is 0.843. The predicted molar refractivity (Wildman–Crippen MR) is 81.7 cm³/mol. The van der Waals surface area contributed by atoms with Crippen LogP contribution in [0.2, 0.25) is 0 Å². The standard InChI is InChI=1S/C17H27NO3/c1-13(11-14(19)15-7-6-10-21-15)18-16(20)12-17(2)8-4-3-5-9-17/h6-7,10,13-14,19H,3-5,8-9,11-12H2,1-2H3,(H,18,20). The first kappa shape index (κ1) is 16.1. The molecule has 1 aromatic rings. The van der Waals surface area contributed by atoms with Gasteiger partial charge in [-0.3, -0.25) is 4.79 Å².